The predicted octanol–water partition coefficient (Wildman–Crippen LogP) is 4.07. The van der Waals surface area contributed by atoms with Crippen molar-refractivity contribution >= 4 is 23.5 Å². The third-order valence-corrected chi connectivity index (χ3v) is 6.18. The zero-order valence-corrected chi connectivity index (χ0v) is 17.8. The molecule has 156 valence electrons. The van der Waals surface area contributed by atoms with Gasteiger partial charge in [-0.15, -0.1) is 11.8 Å². The van der Waals surface area contributed by atoms with Gasteiger partial charge in [0.05, 0.1) is 36.1 Å². The standard InChI is InChI=1S/C22H23N3O4S/c1-4-29-18-11-14(5-10-17(18)26)21-20-13(2)24-25(22(20)23-19(27)12-30-21)15-6-8-16(28-3)9-7-15/h5-11,21,26H,4,12H2,1-3H3,(H,23,27)/t21-/m1/s1. The summed E-state index contributed by atoms with van der Waals surface area (Å²) in [5, 5.41) is 17.7. The number of hydrogen-bond donors (Lipinski definition) is 2. The molecule has 1 aliphatic rings. The van der Waals surface area contributed by atoms with E-state index < -0.39 is 0 Å². The van der Waals surface area contributed by atoms with Gasteiger partial charge in [-0.1, -0.05) is 6.07 Å². The van der Waals surface area contributed by atoms with Crippen LogP contribution in [0.5, 0.6) is 17.2 Å². The van der Waals surface area contributed by atoms with Crippen molar-refractivity contribution in [3.8, 4) is 22.9 Å². The van der Waals surface area contributed by atoms with Gasteiger partial charge in [0.1, 0.15) is 11.6 Å². The fourth-order valence-corrected chi connectivity index (χ4v) is 4.70. The minimum atomic E-state index is -0.134. The molecule has 0 saturated heterocycles. The average molecular weight is 426 g/mol. The number of aromatic nitrogens is 2. The number of fused-ring (bicyclic) bond motifs is 1. The molecule has 0 saturated carbocycles. The highest BCUT2D eigenvalue weighted by atomic mass is 32.2. The summed E-state index contributed by atoms with van der Waals surface area (Å²) in [6, 6.07) is 12.8. The molecule has 0 unspecified atom stereocenters. The second-order valence-electron chi connectivity index (χ2n) is 6.86. The van der Waals surface area contributed by atoms with Crippen LogP contribution in [0.4, 0.5) is 5.82 Å². The van der Waals surface area contributed by atoms with Crippen LogP contribution in [0.2, 0.25) is 0 Å². The number of aromatic hydroxyl groups is 1. The second kappa shape index (κ2) is 8.31. The number of carbonyl (C=O) groups is 1. The lowest BCUT2D eigenvalue weighted by Gasteiger charge is -2.17. The molecule has 0 bridgehead atoms. The van der Waals surface area contributed by atoms with Gasteiger partial charge in [0.15, 0.2) is 11.5 Å². The van der Waals surface area contributed by atoms with E-state index in [1.807, 2.05) is 50.2 Å². The zero-order valence-electron chi connectivity index (χ0n) is 17.0. The number of anilines is 1. The first-order chi connectivity index (χ1) is 14.5. The summed E-state index contributed by atoms with van der Waals surface area (Å²) in [5.74, 6) is 2.16. The lowest BCUT2D eigenvalue weighted by molar-refractivity contribution is -0.113. The maximum atomic E-state index is 12.5. The Morgan fingerprint density at radius 2 is 2.03 bits per heavy atom. The van der Waals surface area contributed by atoms with Crippen LogP contribution in [-0.2, 0) is 4.79 Å². The Labute approximate surface area is 179 Å². The summed E-state index contributed by atoms with van der Waals surface area (Å²) in [7, 11) is 1.62. The van der Waals surface area contributed by atoms with Crippen molar-refractivity contribution in [2.24, 2.45) is 0 Å². The zero-order chi connectivity index (χ0) is 21.3. The fourth-order valence-electron chi connectivity index (χ4n) is 3.52. The van der Waals surface area contributed by atoms with Crippen LogP contribution in [0, 0.1) is 6.92 Å². The van der Waals surface area contributed by atoms with E-state index in [0.717, 1.165) is 28.3 Å². The van der Waals surface area contributed by atoms with Crippen molar-refractivity contribution in [3.63, 3.8) is 0 Å². The van der Waals surface area contributed by atoms with Gasteiger partial charge in [-0.25, -0.2) is 4.68 Å². The Kier molecular flexibility index (Phi) is 5.59. The van der Waals surface area contributed by atoms with Crippen LogP contribution in [0.15, 0.2) is 42.5 Å². The summed E-state index contributed by atoms with van der Waals surface area (Å²) < 4.78 is 12.6. The Morgan fingerprint density at radius 1 is 1.27 bits per heavy atom. The number of nitrogens with zero attached hydrogens (tertiary/aromatic N) is 2. The molecule has 0 aliphatic carbocycles. The number of rotatable bonds is 5. The Bertz CT molecular complexity index is 1080. The number of phenolic OH excluding ortho intramolecular Hbond substituents is 1. The third kappa shape index (κ3) is 3.70. The molecule has 0 fully saturated rings. The molecule has 7 nitrogen and oxygen atoms in total. The number of benzene rings is 2. The first-order valence-electron chi connectivity index (χ1n) is 9.63. The quantitative estimate of drug-likeness (QED) is 0.641. The number of aryl methyl sites for hydroxylation is 1. The average Bonchev–Trinajstić information content (AvgIpc) is 2.95. The number of phenols is 1. The van der Waals surface area contributed by atoms with E-state index in [4.69, 9.17) is 14.6 Å². The van der Waals surface area contributed by atoms with Crippen LogP contribution >= 0.6 is 11.8 Å². The molecule has 4 rings (SSSR count). The number of ether oxygens (including phenoxy) is 2. The summed E-state index contributed by atoms with van der Waals surface area (Å²) >= 11 is 1.53. The first-order valence-corrected chi connectivity index (χ1v) is 10.7. The van der Waals surface area contributed by atoms with Gasteiger partial charge in [0.25, 0.3) is 0 Å². The number of methoxy groups -OCH3 is 1. The van der Waals surface area contributed by atoms with Gasteiger partial charge < -0.3 is 19.9 Å². The first kappa shape index (κ1) is 20.2. The molecule has 2 aromatic carbocycles. The highest BCUT2D eigenvalue weighted by molar-refractivity contribution is 8.00. The summed E-state index contributed by atoms with van der Waals surface area (Å²) in [6.07, 6.45) is 0. The maximum absolute atomic E-state index is 12.5. The topological polar surface area (TPSA) is 85.6 Å². The summed E-state index contributed by atoms with van der Waals surface area (Å²) in [5.41, 5.74) is 3.53. The lowest BCUT2D eigenvalue weighted by Crippen LogP contribution is -2.15. The molecule has 2 heterocycles. The van der Waals surface area contributed by atoms with Crippen LogP contribution in [0.1, 0.15) is 29.0 Å². The monoisotopic (exact) mass is 425 g/mol. The van der Waals surface area contributed by atoms with E-state index in [1.165, 1.54) is 11.8 Å². The van der Waals surface area contributed by atoms with E-state index in [0.29, 0.717) is 23.9 Å². The fraction of sp³-hybridized carbons (Fsp3) is 0.273. The Balaban J connectivity index is 1.83. The van der Waals surface area contributed by atoms with Gasteiger partial charge in [-0.05, 0) is 55.8 Å². The minimum absolute atomic E-state index is 0.0813. The second-order valence-corrected chi connectivity index (χ2v) is 7.95. The minimum Gasteiger partial charge on any atom is -0.504 e. The Hall–Kier alpha value is -3.13. The van der Waals surface area contributed by atoms with Crippen LogP contribution < -0.4 is 14.8 Å². The summed E-state index contributed by atoms with van der Waals surface area (Å²) in [4.78, 5) is 12.5. The molecule has 1 amide bonds. The van der Waals surface area contributed by atoms with Crippen molar-refractivity contribution in [1.29, 1.82) is 0 Å². The highest BCUT2D eigenvalue weighted by Gasteiger charge is 2.31. The summed E-state index contributed by atoms with van der Waals surface area (Å²) in [6.45, 7) is 4.26. The molecule has 1 aliphatic heterocycles. The SMILES string of the molecule is CCOc1cc([C@H]2SCC(=O)Nc3c2c(C)nn3-c2ccc(OC)cc2)ccc1O. The smallest absolute Gasteiger partial charge is 0.235 e. The van der Waals surface area contributed by atoms with E-state index in [2.05, 4.69) is 5.32 Å². The van der Waals surface area contributed by atoms with Gasteiger partial charge in [-0.3, -0.25) is 4.79 Å². The normalized spacial score (nSPS) is 15.8. The van der Waals surface area contributed by atoms with Crippen LogP contribution in [0.25, 0.3) is 5.69 Å². The molecule has 30 heavy (non-hydrogen) atoms. The van der Waals surface area contributed by atoms with E-state index in [-0.39, 0.29) is 16.9 Å². The molecule has 3 aromatic rings. The molecule has 1 atom stereocenters. The van der Waals surface area contributed by atoms with Crippen molar-refractivity contribution in [3.05, 3.63) is 59.3 Å². The van der Waals surface area contributed by atoms with E-state index >= 15 is 0 Å². The van der Waals surface area contributed by atoms with Crippen molar-refractivity contribution in [1.82, 2.24) is 9.78 Å². The molecule has 0 radical (unpaired) electrons. The van der Waals surface area contributed by atoms with Crippen molar-refractivity contribution in [2.45, 2.75) is 19.1 Å². The van der Waals surface area contributed by atoms with E-state index in [9.17, 15) is 9.90 Å². The van der Waals surface area contributed by atoms with Crippen LogP contribution in [-0.4, -0.2) is 40.3 Å². The molecule has 8 heteroatoms. The molecule has 0 spiro atoms. The van der Waals surface area contributed by atoms with Gasteiger partial charge in [0.2, 0.25) is 5.91 Å². The van der Waals surface area contributed by atoms with Gasteiger partial charge >= 0.3 is 0 Å². The number of thioether (sulfide) groups is 1. The van der Waals surface area contributed by atoms with E-state index in [1.54, 1.807) is 17.9 Å². The lowest BCUT2D eigenvalue weighted by atomic mass is 10.0. The number of amides is 1. The van der Waals surface area contributed by atoms with Crippen LogP contribution in [0.3, 0.4) is 0 Å². The number of hydrogen-bond acceptors (Lipinski definition) is 6. The molecule has 1 aromatic heterocycles. The van der Waals surface area contributed by atoms with Gasteiger partial charge in [0, 0.05) is 5.56 Å². The highest BCUT2D eigenvalue weighted by Crippen LogP contribution is 2.45. The predicted molar refractivity (Wildman–Crippen MR) is 117 cm³/mol. The maximum Gasteiger partial charge on any atom is 0.235 e. The Morgan fingerprint density at radius 3 is 2.73 bits per heavy atom. The molecular formula is C22H23N3O4S. The third-order valence-electron chi connectivity index (χ3n) is 4.91. The number of carbonyl (C=O) groups excluding carboxylic acids is 1. The molecular weight excluding hydrogens is 402 g/mol. The van der Waals surface area contributed by atoms with Crippen molar-refractivity contribution in [2.75, 3.05) is 24.8 Å². The largest absolute Gasteiger partial charge is 0.504 e. The molecule has 2 N–H and O–H groups in total. The van der Waals surface area contributed by atoms with Crippen molar-refractivity contribution < 1.29 is 19.4 Å². The van der Waals surface area contributed by atoms with Gasteiger partial charge in [-0.2, -0.15) is 5.10 Å². The number of nitrogens with one attached hydrogen (secondary N) is 1.